The molecule has 3 rings (SSSR count). The normalized spacial score (nSPS) is 18.9. The molecule has 0 spiro atoms. The van der Waals surface area contributed by atoms with Crippen molar-refractivity contribution >= 4 is 6.08 Å². The Kier molecular flexibility index (Phi) is 9.30. The summed E-state index contributed by atoms with van der Waals surface area (Å²) in [4.78, 5) is 0. The molecule has 0 nitrogen and oxygen atoms in total. The van der Waals surface area contributed by atoms with Crippen LogP contribution in [-0.4, -0.2) is 0 Å². The molecular formula is C30H38. The van der Waals surface area contributed by atoms with Crippen LogP contribution in [0, 0.1) is 23.7 Å². The van der Waals surface area contributed by atoms with Crippen molar-refractivity contribution in [3.63, 3.8) is 0 Å². The molecule has 0 saturated heterocycles. The molecule has 2 aromatic carbocycles. The third-order valence-electron chi connectivity index (χ3n) is 6.49. The van der Waals surface area contributed by atoms with Gasteiger partial charge in [-0.2, -0.15) is 0 Å². The minimum Gasteiger partial charge on any atom is -0.0840 e. The molecule has 0 heteroatoms. The van der Waals surface area contributed by atoms with Crippen LogP contribution in [0.3, 0.4) is 0 Å². The van der Waals surface area contributed by atoms with Crippen molar-refractivity contribution < 1.29 is 0 Å². The van der Waals surface area contributed by atoms with Gasteiger partial charge in [0.25, 0.3) is 0 Å². The Morgan fingerprint density at radius 1 is 0.733 bits per heavy atom. The van der Waals surface area contributed by atoms with Crippen LogP contribution in [0.4, 0.5) is 0 Å². The van der Waals surface area contributed by atoms with Gasteiger partial charge in [0.2, 0.25) is 0 Å². The lowest BCUT2D eigenvalue weighted by molar-refractivity contribution is 0.252. The van der Waals surface area contributed by atoms with Gasteiger partial charge in [0, 0.05) is 11.1 Å². The third kappa shape index (κ3) is 7.53. The fourth-order valence-corrected chi connectivity index (χ4v) is 4.55. The van der Waals surface area contributed by atoms with Crippen LogP contribution >= 0.6 is 0 Å². The standard InChI is InChI=1S/C30H38/c1-3-5-6-8-26-11-15-28(16-12-26)18-20-30-23-21-29(22-24-30)19-17-27-13-9-25(7-4-2)10-14-27/h6,8,11-12,15-16,21-25,27H,3-5,7,9-10,13-14,17,19H2,1-2H3/b8-6+. The van der Waals surface area contributed by atoms with Gasteiger partial charge in [-0.15, -0.1) is 0 Å². The minimum absolute atomic E-state index is 0.942. The van der Waals surface area contributed by atoms with Gasteiger partial charge in [0.15, 0.2) is 0 Å². The van der Waals surface area contributed by atoms with Crippen molar-refractivity contribution in [2.24, 2.45) is 11.8 Å². The Balaban J connectivity index is 1.46. The first kappa shape index (κ1) is 22.4. The lowest BCUT2D eigenvalue weighted by Crippen LogP contribution is -2.15. The molecule has 0 amide bonds. The summed E-state index contributed by atoms with van der Waals surface area (Å²) >= 11 is 0. The van der Waals surface area contributed by atoms with Crippen molar-refractivity contribution in [3.8, 4) is 11.8 Å². The Hall–Kier alpha value is -2.26. The molecule has 0 heterocycles. The number of hydrogen-bond acceptors (Lipinski definition) is 0. The second-order valence-electron chi connectivity index (χ2n) is 8.97. The molecule has 1 aliphatic rings. The van der Waals surface area contributed by atoms with E-state index in [-0.39, 0.29) is 0 Å². The zero-order valence-electron chi connectivity index (χ0n) is 19.0. The molecule has 0 unspecified atom stereocenters. The van der Waals surface area contributed by atoms with Crippen LogP contribution in [0.25, 0.3) is 6.08 Å². The lowest BCUT2D eigenvalue weighted by Gasteiger charge is -2.28. The summed E-state index contributed by atoms with van der Waals surface area (Å²) in [5.41, 5.74) is 4.88. The van der Waals surface area contributed by atoms with Crippen LogP contribution < -0.4 is 0 Å². The molecule has 1 fully saturated rings. The van der Waals surface area contributed by atoms with Crippen molar-refractivity contribution in [3.05, 3.63) is 76.9 Å². The number of aryl methyl sites for hydroxylation is 1. The van der Waals surface area contributed by atoms with Crippen molar-refractivity contribution in [2.75, 3.05) is 0 Å². The Labute approximate surface area is 184 Å². The summed E-state index contributed by atoms with van der Waals surface area (Å²) in [6.45, 7) is 4.53. The van der Waals surface area contributed by atoms with E-state index >= 15 is 0 Å². The van der Waals surface area contributed by atoms with Crippen molar-refractivity contribution in [1.29, 1.82) is 0 Å². The maximum absolute atomic E-state index is 3.31. The highest BCUT2D eigenvalue weighted by Gasteiger charge is 2.20. The summed E-state index contributed by atoms with van der Waals surface area (Å²) in [6.07, 6.45) is 17.9. The second-order valence-corrected chi connectivity index (χ2v) is 8.97. The van der Waals surface area contributed by atoms with E-state index in [1.807, 2.05) is 0 Å². The van der Waals surface area contributed by atoms with E-state index in [4.69, 9.17) is 0 Å². The summed E-state index contributed by atoms with van der Waals surface area (Å²) in [5.74, 6) is 8.57. The molecule has 1 aliphatic carbocycles. The van der Waals surface area contributed by atoms with E-state index in [9.17, 15) is 0 Å². The van der Waals surface area contributed by atoms with Crippen LogP contribution in [-0.2, 0) is 6.42 Å². The average molecular weight is 399 g/mol. The maximum Gasteiger partial charge on any atom is 0.0249 e. The molecule has 2 aromatic rings. The highest BCUT2D eigenvalue weighted by molar-refractivity contribution is 5.52. The number of rotatable bonds is 8. The van der Waals surface area contributed by atoms with E-state index in [1.54, 1.807) is 0 Å². The highest BCUT2D eigenvalue weighted by Crippen LogP contribution is 2.33. The van der Waals surface area contributed by atoms with Gasteiger partial charge in [0.1, 0.15) is 0 Å². The lowest BCUT2D eigenvalue weighted by atomic mass is 9.78. The smallest absolute Gasteiger partial charge is 0.0249 e. The number of benzene rings is 2. The Bertz CT molecular complexity index is 818. The fraction of sp³-hybridized carbons (Fsp3) is 0.467. The van der Waals surface area contributed by atoms with E-state index < -0.39 is 0 Å². The molecule has 158 valence electrons. The first-order valence-electron chi connectivity index (χ1n) is 12.1. The zero-order valence-corrected chi connectivity index (χ0v) is 19.0. The molecule has 0 N–H and O–H groups in total. The second kappa shape index (κ2) is 12.4. The van der Waals surface area contributed by atoms with Crippen LogP contribution in [0.15, 0.2) is 54.6 Å². The first-order chi connectivity index (χ1) is 14.8. The van der Waals surface area contributed by atoms with E-state index in [2.05, 4.69) is 86.4 Å². The monoisotopic (exact) mass is 398 g/mol. The molecule has 1 saturated carbocycles. The Morgan fingerprint density at radius 3 is 1.87 bits per heavy atom. The van der Waals surface area contributed by atoms with Gasteiger partial charge < -0.3 is 0 Å². The van der Waals surface area contributed by atoms with Crippen LogP contribution in [0.2, 0.25) is 0 Å². The van der Waals surface area contributed by atoms with Crippen molar-refractivity contribution in [2.45, 2.75) is 78.1 Å². The predicted octanol–water partition coefficient (Wildman–Crippen LogP) is 8.44. The molecule has 0 radical (unpaired) electrons. The van der Waals surface area contributed by atoms with Gasteiger partial charge in [-0.3, -0.25) is 0 Å². The van der Waals surface area contributed by atoms with Gasteiger partial charge in [0.05, 0.1) is 0 Å². The summed E-state index contributed by atoms with van der Waals surface area (Å²) in [7, 11) is 0. The zero-order chi connectivity index (χ0) is 21.0. The van der Waals surface area contributed by atoms with Gasteiger partial charge >= 0.3 is 0 Å². The first-order valence-corrected chi connectivity index (χ1v) is 12.1. The van der Waals surface area contributed by atoms with Crippen molar-refractivity contribution in [1.82, 2.24) is 0 Å². The molecule has 0 bridgehead atoms. The van der Waals surface area contributed by atoms with Crippen LogP contribution in [0.1, 0.15) is 93.9 Å². The van der Waals surface area contributed by atoms with E-state index in [0.29, 0.717) is 0 Å². The minimum atomic E-state index is 0.942. The predicted molar refractivity (Wildman–Crippen MR) is 131 cm³/mol. The molecule has 0 aliphatic heterocycles. The molecule has 0 aromatic heterocycles. The summed E-state index contributed by atoms with van der Waals surface area (Å²) < 4.78 is 0. The van der Waals surface area contributed by atoms with Gasteiger partial charge in [-0.25, -0.2) is 0 Å². The van der Waals surface area contributed by atoms with E-state index in [1.165, 1.54) is 68.9 Å². The molecular weight excluding hydrogens is 360 g/mol. The fourth-order valence-electron chi connectivity index (χ4n) is 4.55. The molecule has 0 atom stereocenters. The summed E-state index contributed by atoms with van der Waals surface area (Å²) in [5, 5.41) is 0. The average Bonchev–Trinajstić information content (AvgIpc) is 2.79. The SMILES string of the molecule is CCC/C=C/c1ccc(C#Cc2ccc(CCC3CCC(CCC)CC3)cc2)cc1. The summed E-state index contributed by atoms with van der Waals surface area (Å²) in [6, 6.07) is 17.4. The van der Waals surface area contributed by atoms with Crippen LogP contribution in [0.5, 0.6) is 0 Å². The molecule has 30 heavy (non-hydrogen) atoms. The largest absolute Gasteiger partial charge is 0.0840 e. The topological polar surface area (TPSA) is 0 Å². The van der Waals surface area contributed by atoms with Gasteiger partial charge in [-0.1, -0.05) is 107 Å². The van der Waals surface area contributed by atoms with Gasteiger partial charge in [-0.05, 0) is 66.5 Å². The maximum atomic E-state index is 3.31. The quantitative estimate of drug-likeness (QED) is 0.391. The highest BCUT2D eigenvalue weighted by atomic mass is 14.3. The number of allylic oxidation sites excluding steroid dienone is 1. The third-order valence-corrected chi connectivity index (χ3v) is 6.49. The Morgan fingerprint density at radius 2 is 1.30 bits per heavy atom. The number of hydrogen-bond donors (Lipinski definition) is 0. The number of unbranched alkanes of at least 4 members (excludes halogenated alkanes) is 1. The van der Waals surface area contributed by atoms with E-state index in [0.717, 1.165) is 29.4 Å².